The van der Waals surface area contributed by atoms with Crippen LogP contribution in [0.1, 0.15) is 19.8 Å². The Morgan fingerprint density at radius 1 is 1.44 bits per heavy atom. The van der Waals surface area contributed by atoms with Crippen LogP contribution in [0, 0.1) is 0 Å². The molecule has 0 radical (unpaired) electrons. The zero-order chi connectivity index (χ0) is 13.4. The third-order valence-electron chi connectivity index (χ3n) is 2.55. The summed E-state index contributed by atoms with van der Waals surface area (Å²) < 4.78 is 0. The number of aromatic nitrogens is 2. The van der Waals surface area contributed by atoms with E-state index < -0.39 is 0 Å². The zero-order valence-electron chi connectivity index (χ0n) is 11.2. The number of amides is 1. The molecule has 0 saturated carbocycles. The summed E-state index contributed by atoms with van der Waals surface area (Å²) in [6.07, 6.45) is 3.03. The van der Waals surface area contributed by atoms with Crippen LogP contribution in [0.25, 0.3) is 0 Å². The van der Waals surface area contributed by atoms with Gasteiger partial charge in [0.05, 0.1) is 0 Å². The van der Waals surface area contributed by atoms with Gasteiger partial charge in [0.1, 0.15) is 18.0 Å². The van der Waals surface area contributed by atoms with Crippen LogP contribution in [0.4, 0.5) is 11.6 Å². The Kier molecular flexibility index (Phi) is 5.90. The van der Waals surface area contributed by atoms with Crippen LogP contribution >= 0.6 is 0 Å². The Balaban J connectivity index is 2.56. The summed E-state index contributed by atoms with van der Waals surface area (Å²) in [5.41, 5.74) is 0. The van der Waals surface area contributed by atoms with Crippen LogP contribution in [0.2, 0.25) is 0 Å². The number of nitrogens with zero attached hydrogens (tertiary/aromatic N) is 3. The Labute approximate surface area is 108 Å². The molecule has 1 rings (SSSR count). The van der Waals surface area contributed by atoms with Gasteiger partial charge in [0.15, 0.2) is 0 Å². The summed E-state index contributed by atoms with van der Waals surface area (Å²) in [5, 5.41) is 5.81. The predicted molar refractivity (Wildman–Crippen MR) is 72.8 cm³/mol. The van der Waals surface area contributed by atoms with Gasteiger partial charge in [-0.15, -0.1) is 0 Å². The summed E-state index contributed by atoms with van der Waals surface area (Å²) >= 11 is 0. The third kappa shape index (κ3) is 4.57. The first-order chi connectivity index (χ1) is 8.67. The highest BCUT2D eigenvalue weighted by Crippen LogP contribution is 2.12. The lowest BCUT2D eigenvalue weighted by molar-refractivity contribution is -0.120. The topological polar surface area (TPSA) is 70.2 Å². The van der Waals surface area contributed by atoms with E-state index in [0.717, 1.165) is 24.6 Å². The second-order valence-corrected chi connectivity index (χ2v) is 4.03. The lowest BCUT2D eigenvalue weighted by Gasteiger charge is -2.18. The number of hydrogen-bond donors (Lipinski definition) is 2. The molecule has 100 valence electrons. The minimum absolute atomic E-state index is 0.0280. The highest BCUT2D eigenvalue weighted by atomic mass is 16.1. The molecule has 0 bridgehead atoms. The second-order valence-electron chi connectivity index (χ2n) is 4.03. The Morgan fingerprint density at radius 3 is 2.89 bits per heavy atom. The van der Waals surface area contributed by atoms with Gasteiger partial charge >= 0.3 is 0 Å². The molecule has 0 aliphatic rings. The molecule has 6 heteroatoms. The molecule has 1 aromatic rings. The Morgan fingerprint density at radius 2 is 2.22 bits per heavy atom. The summed E-state index contributed by atoms with van der Waals surface area (Å²) in [7, 11) is 3.55. The van der Waals surface area contributed by atoms with Crippen molar-refractivity contribution in [2.45, 2.75) is 19.8 Å². The van der Waals surface area contributed by atoms with Crippen molar-refractivity contribution >= 4 is 17.5 Å². The maximum Gasteiger partial charge on any atom is 0.221 e. The first kappa shape index (κ1) is 14.2. The smallest absolute Gasteiger partial charge is 0.221 e. The number of nitrogens with one attached hydrogen (secondary N) is 2. The van der Waals surface area contributed by atoms with Gasteiger partial charge in [-0.3, -0.25) is 4.79 Å². The van der Waals surface area contributed by atoms with E-state index in [1.54, 1.807) is 7.05 Å². The molecule has 0 aliphatic carbocycles. The zero-order valence-corrected chi connectivity index (χ0v) is 11.2. The molecule has 1 amide bonds. The van der Waals surface area contributed by atoms with E-state index in [2.05, 4.69) is 27.5 Å². The van der Waals surface area contributed by atoms with Crippen LogP contribution in [0.3, 0.4) is 0 Å². The first-order valence-corrected chi connectivity index (χ1v) is 6.15. The fraction of sp³-hybridized carbons (Fsp3) is 0.583. The van der Waals surface area contributed by atoms with Gasteiger partial charge in [-0.05, 0) is 6.42 Å². The van der Waals surface area contributed by atoms with E-state index in [9.17, 15) is 4.79 Å². The fourth-order valence-corrected chi connectivity index (χ4v) is 1.41. The molecule has 1 aromatic heterocycles. The van der Waals surface area contributed by atoms with Crippen molar-refractivity contribution < 1.29 is 4.79 Å². The molecule has 2 N–H and O–H groups in total. The highest BCUT2D eigenvalue weighted by molar-refractivity contribution is 5.76. The molecule has 0 atom stereocenters. The van der Waals surface area contributed by atoms with Crippen molar-refractivity contribution in [1.29, 1.82) is 0 Å². The number of carbonyl (C=O) groups excluding carboxylic acids is 1. The van der Waals surface area contributed by atoms with Gasteiger partial charge in [0, 0.05) is 39.7 Å². The molecular formula is C12H21N5O. The number of carbonyl (C=O) groups is 1. The molecule has 1 heterocycles. The summed E-state index contributed by atoms with van der Waals surface area (Å²) in [6, 6.07) is 1.89. The van der Waals surface area contributed by atoms with E-state index in [-0.39, 0.29) is 5.91 Å². The summed E-state index contributed by atoms with van der Waals surface area (Å²) in [6.45, 7) is 3.62. The standard InChI is InChI=1S/C12H21N5O/c1-4-6-14-10-8-11(16-9-15-10)17(3)7-5-12(18)13-2/h8-9H,4-7H2,1-3H3,(H,13,18)(H,14,15,16). The van der Waals surface area contributed by atoms with E-state index in [0.29, 0.717) is 13.0 Å². The van der Waals surface area contributed by atoms with Crippen LogP contribution in [-0.2, 0) is 4.79 Å². The third-order valence-corrected chi connectivity index (χ3v) is 2.55. The maximum atomic E-state index is 11.2. The molecule has 18 heavy (non-hydrogen) atoms. The molecule has 0 fully saturated rings. The van der Waals surface area contributed by atoms with Crippen LogP contribution in [0.15, 0.2) is 12.4 Å². The monoisotopic (exact) mass is 251 g/mol. The number of rotatable bonds is 7. The van der Waals surface area contributed by atoms with E-state index in [1.807, 2.05) is 18.0 Å². The fourth-order valence-electron chi connectivity index (χ4n) is 1.41. The molecule has 0 aliphatic heterocycles. The van der Waals surface area contributed by atoms with Crippen molar-refractivity contribution in [3.63, 3.8) is 0 Å². The summed E-state index contributed by atoms with van der Waals surface area (Å²) in [4.78, 5) is 21.4. The van der Waals surface area contributed by atoms with E-state index >= 15 is 0 Å². The van der Waals surface area contributed by atoms with Crippen molar-refractivity contribution in [3.05, 3.63) is 12.4 Å². The summed E-state index contributed by atoms with van der Waals surface area (Å²) in [5.74, 6) is 1.65. The van der Waals surface area contributed by atoms with Gasteiger partial charge in [-0.2, -0.15) is 0 Å². The molecule has 0 unspecified atom stereocenters. The highest BCUT2D eigenvalue weighted by Gasteiger charge is 2.06. The van der Waals surface area contributed by atoms with Gasteiger partial charge < -0.3 is 15.5 Å². The quantitative estimate of drug-likeness (QED) is 0.752. The van der Waals surface area contributed by atoms with Gasteiger partial charge in [-0.1, -0.05) is 6.92 Å². The maximum absolute atomic E-state index is 11.2. The molecule has 6 nitrogen and oxygen atoms in total. The largest absolute Gasteiger partial charge is 0.370 e. The van der Waals surface area contributed by atoms with Crippen LogP contribution in [-0.4, -0.2) is 43.1 Å². The minimum atomic E-state index is 0.0280. The lowest BCUT2D eigenvalue weighted by atomic mass is 10.3. The Bertz CT molecular complexity index is 382. The predicted octanol–water partition coefficient (Wildman–Crippen LogP) is 0.871. The Hall–Kier alpha value is -1.85. The van der Waals surface area contributed by atoms with E-state index in [1.165, 1.54) is 6.33 Å². The van der Waals surface area contributed by atoms with Gasteiger partial charge in [-0.25, -0.2) is 9.97 Å². The average molecular weight is 251 g/mol. The molecular weight excluding hydrogens is 230 g/mol. The van der Waals surface area contributed by atoms with Crippen LogP contribution < -0.4 is 15.5 Å². The van der Waals surface area contributed by atoms with Crippen LogP contribution in [0.5, 0.6) is 0 Å². The molecule has 0 spiro atoms. The van der Waals surface area contributed by atoms with Gasteiger partial charge in [0.25, 0.3) is 0 Å². The molecule has 0 saturated heterocycles. The lowest BCUT2D eigenvalue weighted by Crippen LogP contribution is -2.26. The minimum Gasteiger partial charge on any atom is -0.370 e. The second kappa shape index (κ2) is 7.47. The van der Waals surface area contributed by atoms with Crippen molar-refractivity contribution in [1.82, 2.24) is 15.3 Å². The van der Waals surface area contributed by atoms with Crippen molar-refractivity contribution in [2.24, 2.45) is 0 Å². The average Bonchev–Trinajstić information content (AvgIpc) is 2.42. The molecule has 0 aromatic carbocycles. The number of anilines is 2. The van der Waals surface area contributed by atoms with Gasteiger partial charge in [0.2, 0.25) is 5.91 Å². The number of hydrogen-bond acceptors (Lipinski definition) is 5. The normalized spacial score (nSPS) is 9.94. The van der Waals surface area contributed by atoms with Crippen molar-refractivity contribution in [2.75, 3.05) is 37.4 Å². The SMILES string of the molecule is CCCNc1cc(N(C)CCC(=O)NC)ncn1. The first-order valence-electron chi connectivity index (χ1n) is 6.15. The van der Waals surface area contributed by atoms with Crippen molar-refractivity contribution in [3.8, 4) is 0 Å². The van der Waals surface area contributed by atoms with E-state index in [4.69, 9.17) is 0 Å².